The number of guanidine groups is 1. The topological polar surface area (TPSA) is 45.7 Å². The molecular weight excluding hydrogens is 202 g/mol. The van der Waals surface area contributed by atoms with Crippen LogP contribution in [0.3, 0.4) is 0 Å². The fourth-order valence-electron chi connectivity index (χ4n) is 1.05. The summed E-state index contributed by atoms with van der Waals surface area (Å²) < 4.78 is 5.48. The lowest BCUT2D eigenvalue weighted by Crippen LogP contribution is -2.38. The van der Waals surface area contributed by atoms with E-state index in [1.54, 1.807) is 13.1 Å². The summed E-state index contributed by atoms with van der Waals surface area (Å²) in [6, 6.07) is 0. The van der Waals surface area contributed by atoms with Crippen LogP contribution in [0.25, 0.3) is 0 Å². The van der Waals surface area contributed by atoms with Crippen LogP contribution in [-0.2, 0) is 4.74 Å². The first-order chi connectivity index (χ1) is 7.70. The third-order valence-corrected chi connectivity index (χ3v) is 2.02. The first kappa shape index (κ1) is 15.0. The molecule has 4 nitrogen and oxygen atoms in total. The first-order valence-corrected chi connectivity index (χ1v) is 5.83. The SMILES string of the molecule is C=CCNC(=NC)NCCOCCC(C)C. The number of ether oxygens (including phenoxy) is 1. The summed E-state index contributed by atoms with van der Waals surface area (Å²) in [7, 11) is 1.75. The molecule has 0 amide bonds. The molecule has 0 saturated carbocycles. The van der Waals surface area contributed by atoms with Crippen molar-refractivity contribution in [1.29, 1.82) is 0 Å². The maximum atomic E-state index is 5.48. The van der Waals surface area contributed by atoms with Crippen LogP contribution in [0.1, 0.15) is 20.3 Å². The second-order valence-electron chi connectivity index (χ2n) is 3.96. The maximum Gasteiger partial charge on any atom is 0.191 e. The number of hydrogen-bond acceptors (Lipinski definition) is 2. The molecule has 0 heterocycles. The highest BCUT2D eigenvalue weighted by Gasteiger charge is 1.96. The molecular formula is C12H25N3O. The molecule has 0 aliphatic rings. The Morgan fingerprint density at radius 2 is 2.12 bits per heavy atom. The Balaban J connectivity index is 3.38. The minimum absolute atomic E-state index is 0.704. The number of aliphatic imine (C=N–C) groups is 1. The van der Waals surface area contributed by atoms with Crippen molar-refractivity contribution in [1.82, 2.24) is 10.6 Å². The second-order valence-corrected chi connectivity index (χ2v) is 3.96. The van der Waals surface area contributed by atoms with Crippen molar-refractivity contribution in [2.24, 2.45) is 10.9 Å². The Labute approximate surface area is 99.2 Å². The van der Waals surface area contributed by atoms with E-state index in [0.29, 0.717) is 19.1 Å². The van der Waals surface area contributed by atoms with Crippen LogP contribution in [0, 0.1) is 5.92 Å². The van der Waals surface area contributed by atoms with Gasteiger partial charge in [-0.1, -0.05) is 19.9 Å². The van der Waals surface area contributed by atoms with E-state index in [9.17, 15) is 0 Å². The average Bonchev–Trinajstić information content (AvgIpc) is 2.26. The van der Waals surface area contributed by atoms with E-state index in [-0.39, 0.29) is 0 Å². The highest BCUT2D eigenvalue weighted by molar-refractivity contribution is 5.79. The number of rotatable bonds is 8. The lowest BCUT2D eigenvalue weighted by Gasteiger charge is -2.11. The minimum atomic E-state index is 0.704. The summed E-state index contributed by atoms with van der Waals surface area (Å²) in [5, 5.41) is 6.25. The van der Waals surface area contributed by atoms with Gasteiger partial charge in [0.15, 0.2) is 5.96 Å². The van der Waals surface area contributed by atoms with Gasteiger partial charge in [0, 0.05) is 26.7 Å². The van der Waals surface area contributed by atoms with Gasteiger partial charge >= 0.3 is 0 Å². The van der Waals surface area contributed by atoms with Gasteiger partial charge in [-0.05, 0) is 12.3 Å². The van der Waals surface area contributed by atoms with Crippen molar-refractivity contribution < 1.29 is 4.74 Å². The van der Waals surface area contributed by atoms with E-state index in [1.165, 1.54) is 0 Å². The standard InChI is InChI=1S/C12H25N3O/c1-5-7-14-12(13-4)15-8-10-16-9-6-11(2)3/h5,11H,1,6-10H2,2-4H3,(H2,13,14,15). The van der Waals surface area contributed by atoms with Crippen molar-refractivity contribution in [2.45, 2.75) is 20.3 Å². The smallest absolute Gasteiger partial charge is 0.191 e. The number of nitrogens with one attached hydrogen (secondary N) is 2. The van der Waals surface area contributed by atoms with Crippen molar-refractivity contribution in [3.05, 3.63) is 12.7 Å². The molecule has 0 bridgehead atoms. The van der Waals surface area contributed by atoms with Gasteiger partial charge < -0.3 is 15.4 Å². The molecule has 0 aromatic rings. The summed E-state index contributed by atoms with van der Waals surface area (Å²) in [6.45, 7) is 11.1. The van der Waals surface area contributed by atoms with E-state index >= 15 is 0 Å². The maximum absolute atomic E-state index is 5.48. The Kier molecular flexibility index (Phi) is 9.81. The molecule has 0 fully saturated rings. The first-order valence-electron chi connectivity index (χ1n) is 5.83. The van der Waals surface area contributed by atoms with Crippen molar-refractivity contribution >= 4 is 5.96 Å². The van der Waals surface area contributed by atoms with Crippen LogP contribution < -0.4 is 10.6 Å². The Morgan fingerprint density at radius 3 is 2.69 bits per heavy atom. The molecule has 0 aliphatic heterocycles. The molecule has 0 unspecified atom stereocenters. The van der Waals surface area contributed by atoms with Crippen LogP contribution in [0.4, 0.5) is 0 Å². The average molecular weight is 227 g/mol. The number of hydrogen-bond donors (Lipinski definition) is 2. The minimum Gasteiger partial charge on any atom is -0.380 e. The predicted octanol–water partition coefficient (Wildman–Crippen LogP) is 1.40. The van der Waals surface area contributed by atoms with Crippen molar-refractivity contribution in [3.63, 3.8) is 0 Å². The Morgan fingerprint density at radius 1 is 1.38 bits per heavy atom. The zero-order valence-corrected chi connectivity index (χ0v) is 10.8. The highest BCUT2D eigenvalue weighted by Crippen LogP contribution is 1.98. The number of nitrogens with zero attached hydrogens (tertiary/aromatic N) is 1. The van der Waals surface area contributed by atoms with Gasteiger partial charge in [-0.2, -0.15) is 0 Å². The van der Waals surface area contributed by atoms with Gasteiger partial charge in [0.1, 0.15) is 0 Å². The predicted molar refractivity (Wildman–Crippen MR) is 69.8 cm³/mol. The molecule has 0 atom stereocenters. The lowest BCUT2D eigenvalue weighted by atomic mass is 10.1. The van der Waals surface area contributed by atoms with E-state index in [4.69, 9.17) is 4.74 Å². The van der Waals surface area contributed by atoms with Crippen LogP contribution in [0.5, 0.6) is 0 Å². The summed E-state index contributed by atoms with van der Waals surface area (Å²) in [6.07, 6.45) is 2.91. The third-order valence-electron chi connectivity index (χ3n) is 2.02. The highest BCUT2D eigenvalue weighted by atomic mass is 16.5. The van der Waals surface area contributed by atoms with E-state index in [0.717, 1.165) is 25.5 Å². The van der Waals surface area contributed by atoms with Crippen LogP contribution in [0.15, 0.2) is 17.6 Å². The van der Waals surface area contributed by atoms with Gasteiger partial charge in [0.2, 0.25) is 0 Å². The second kappa shape index (κ2) is 10.5. The summed E-state index contributed by atoms with van der Waals surface area (Å²) in [5.41, 5.74) is 0. The van der Waals surface area contributed by atoms with Crippen molar-refractivity contribution in [3.8, 4) is 0 Å². The molecule has 0 radical (unpaired) electrons. The van der Waals surface area contributed by atoms with Gasteiger partial charge in [-0.25, -0.2) is 0 Å². The lowest BCUT2D eigenvalue weighted by molar-refractivity contribution is 0.128. The van der Waals surface area contributed by atoms with Gasteiger partial charge in [0.25, 0.3) is 0 Å². The summed E-state index contributed by atoms with van der Waals surface area (Å²) in [4.78, 5) is 4.06. The molecule has 0 aromatic carbocycles. The van der Waals surface area contributed by atoms with Gasteiger partial charge in [0.05, 0.1) is 6.61 Å². The zero-order chi connectivity index (χ0) is 12.2. The summed E-state index contributed by atoms with van der Waals surface area (Å²) in [5.74, 6) is 1.49. The fraction of sp³-hybridized carbons (Fsp3) is 0.750. The fourth-order valence-corrected chi connectivity index (χ4v) is 1.05. The van der Waals surface area contributed by atoms with E-state index < -0.39 is 0 Å². The molecule has 0 saturated heterocycles. The molecule has 0 spiro atoms. The molecule has 94 valence electrons. The largest absolute Gasteiger partial charge is 0.380 e. The van der Waals surface area contributed by atoms with Crippen LogP contribution >= 0.6 is 0 Å². The monoisotopic (exact) mass is 227 g/mol. The zero-order valence-electron chi connectivity index (χ0n) is 10.8. The molecule has 16 heavy (non-hydrogen) atoms. The normalized spacial score (nSPS) is 11.6. The molecule has 4 heteroatoms. The van der Waals surface area contributed by atoms with Crippen molar-refractivity contribution in [2.75, 3.05) is 33.4 Å². The Bertz CT molecular complexity index is 202. The molecule has 2 N–H and O–H groups in total. The van der Waals surface area contributed by atoms with E-state index in [1.807, 2.05) is 0 Å². The third kappa shape index (κ3) is 9.52. The molecule has 0 rings (SSSR count). The quantitative estimate of drug-likeness (QED) is 0.285. The van der Waals surface area contributed by atoms with E-state index in [2.05, 4.69) is 36.1 Å². The van der Waals surface area contributed by atoms with Crippen LogP contribution in [-0.4, -0.2) is 39.3 Å². The van der Waals surface area contributed by atoms with Gasteiger partial charge in [-0.3, -0.25) is 4.99 Å². The van der Waals surface area contributed by atoms with Crippen LogP contribution in [0.2, 0.25) is 0 Å². The summed E-state index contributed by atoms with van der Waals surface area (Å²) >= 11 is 0. The van der Waals surface area contributed by atoms with Gasteiger partial charge in [-0.15, -0.1) is 6.58 Å². The Hall–Kier alpha value is -1.03. The molecule has 0 aliphatic carbocycles. The molecule has 0 aromatic heterocycles.